The zero-order valence-electron chi connectivity index (χ0n) is 11.6. The Morgan fingerprint density at radius 1 is 1.37 bits per heavy atom. The van der Waals surface area contributed by atoms with Crippen LogP contribution in [0.1, 0.15) is 61.8 Å². The lowest BCUT2D eigenvalue weighted by Gasteiger charge is -2.28. The van der Waals surface area contributed by atoms with Gasteiger partial charge in [-0.1, -0.05) is 38.1 Å². The monoisotopic (exact) mass is 283 g/mol. The van der Waals surface area contributed by atoms with E-state index in [1.807, 2.05) is 20.8 Å². The Morgan fingerprint density at radius 3 is 2.68 bits per heavy atom. The van der Waals surface area contributed by atoms with Gasteiger partial charge in [0.15, 0.2) is 0 Å². The summed E-state index contributed by atoms with van der Waals surface area (Å²) in [5, 5.41) is 16.9. The van der Waals surface area contributed by atoms with Crippen molar-refractivity contribution in [2.45, 2.75) is 64.0 Å². The summed E-state index contributed by atoms with van der Waals surface area (Å²) in [6.45, 7) is 6.03. The van der Waals surface area contributed by atoms with Crippen LogP contribution in [0.25, 0.3) is 0 Å². The molecule has 0 saturated heterocycles. The van der Waals surface area contributed by atoms with Crippen molar-refractivity contribution >= 4 is 17.4 Å². The first kappa shape index (κ1) is 14.4. The fraction of sp³-hybridized carbons (Fsp3) is 0.769. The van der Waals surface area contributed by atoms with Gasteiger partial charge in [-0.25, -0.2) is 0 Å². The molecule has 0 aromatic carbocycles. The molecule has 2 N–H and O–H groups in total. The first-order chi connectivity index (χ1) is 8.89. The van der Waals surface area contributed by atoms with E-state index in [9.17, 15) is 9.90 Å². The number of rotatable bonds is 2. The van der Waals surface area contributed by atoms with Crippen LogP contribution in [0.3, 0.4) is 0 Å². The zero-order valence-corrected chi connectivity index (χ0v) is 12.5. The van der Waals surface area contributed by atoms with Gasteiger partial charge in [-0.3, -0.25) is 4.79 Å². The van der Waals surface area contributed by atoms with Crippen LogP contribution in [-0.4, -0.2) is 32.7 Å². The van der Waals surface area contributed by atoms with Crippen molar-refractivity contribution in [1.29, 1.82) is 0 Å². The SMILES string of the molecule is CC(C)(C)c1nnsc1C(=O)N[C@@H]1CCCC[C@H]1O. The molecular weight excluding hydrogens is 262 g/mol. The van der Waals surface area contributed by atoms with Crippen molar-refractivity contribution in [3.05, 3.63) is 10.6 Å². The third-order valence-corrected chi connectivity index (χ3v) is 4.18. The Hall–Kier alpha value is -1.01. The predicted molar refractivity (Wildman–Crippen MR) is 74.3 cm³/mol. The number of aromatic nitrogens is 2. The first-order valence-corrected chi connectivity index (χ1v) is 7.48. The summed E-state index contributed by atoms with van der Waals surface area (Å²) in [6, 6.07) is -0.142. The van der Waals surface area contributed by atoms with Crippen molar-refractivity contribution in [3.63, 3.8) is 0 Å². The molecule has 0 radical (unpaired) electrons. The number of carbonyl (C=O) groups excluding carboxylic acids is 1. The highest BCUT2D eigenvalue weighted by molar-refractivity contribution is 7.08. The lowest BCUT2D eigenvalue weighted by molar-refractivity contribution is 0.0718. The van der Waals surface area contributed by atoms with Gasteiger partial charge in [-0.15, -0.1) is 5.10 Å². The molecule has 0 aliphatic heterocycles. The molecule has 1 fully saturated rings. The highest BCUT2D eigenvalue weighted by atomic mass is 32.1. The summed E-state index contributed by atoms with van der Waals surface area (Å²) in [5.41, 5.74) is 0.519. The molecule has 2 atom stereocenters. The molecule has 1 amide bonds. The van der Waals surface area contributed by atoms with Crippen molar-refractivity contribution < 1.29 is 9.90 Å². The van der Waals surface area contributed by atoms with E-state index in [4.69, 9.17) is 0 Å². The van der Waals surface area contributed by atoms with E-state index in [2.05, 4.69) is 14.9 Å². The molecule has 0 spiro atoms. The van der Waals surface area contributed by atoms with Gasteiger partial charge in [0, 0.05) is 5.41 Å². The van der Waals surface area contributed by atoms with Crippen LogP contribution in [0.2, 0.25) is 0 Å². The highest BCUT2D eigenvalue weighted by Crippen LogP contribution is 2.26. The van der Waals surface area contributed by atoms with Crippen LogP contribution in [0.5, 0.6) is 0 Å². The Labute approximate surface area is 117 Å². The average Bonchev–Trinajstić information content (AvgIpc) is 2.81. The van der Waals surface area contributed by atoms with Gasteiger partial charge in [0.2, 0.25) is 0 Å². The second-order valence-electron chi connectivity index (χ2n) is 6.13. The highest BCUT2D eigenvalue weighted by Gasteiger charge is 2.30. The molecule has 1 heterocycles. The molecule has 1 aromatic heterocycles. The summed E-state index contributed by atoms with van der Waals surface area (Å²) < 4.78 is 3.89. The van der Waals surface area contributed by atoms with Crippen LogP contribution >= 0.6 is 11.5 Å². The van der Waals surface area contributed by atoms with E-state index >= 15 is 0 Å². The number of amides is 1. The summed E-state index contributed by atoms with van der Waals surface area (Å²) >= 11 is 1.12. The number of nitrogens with one attached hydrogen (secondary N) is 1. The Morgan fingerprint density at radius 2 is 2.05 bits per heavy atom. The number of hydrogen-bond donors (Lipinski definition) is 2. The summed E-state index contributed by atoms with van der Waals surface area (Å²) in [6.07, 6.45) is 3.25. The maximum absolute atomic E-state index is 12.3. The van der Waals surface area contributed by atoms with Crippen LogP contribution in [0.15, 0.2) is 0 Å². The lowest BCUT2D eigenvalue weighted by atomic mass is 9.90. The van der Waals surface area contributed by atoms with Crippen LogP contribution in [0.4, 0.5) is 0 Å². The van der Waals surface area contributed by atoms with Crippen molar-refractivity contribution in [2.24, 2.45) is 0 Å². The van der Waals surface area contributed by atoms with Crippen molar-refractivity contribution in [3.8, 4) is 0 Å². The minimum absolute atomic E-state index is 0.142. The van der Waals surface area contributed by atoms with Crippen LogP contribution in [-0.2, 0) is 5.41 Å². The van der Waals surface area contributed by atoms with Gasteiger partial charge in [-0.05, 0) is 24.4 Å². The maximum Gasteiger partial charge on any atom is 0.265 e. The second kappa shape index (κ2) is 5.54. The lowest BCUT2D eigenvalue weighted by Crippen LogP contribution is -2.45. The Balaban J connectivity index is 2.10. The average molecular weight is 283 g/mol. The normalized spacial score (nSPS) is 24.2. The molecule has 1 saturated carbocycles. The van der Waals surface area contributed by atoms with Gasteiger partial charge in [0.25, 0.3) is 5.91 Å². The number of hydrogen-bond acceptors (Lipinski definition) is 5. The third-order valence-electron chi connectivity index (χ3n) is 3.45. The van der Waals surface area contributed by atoms with E-state index in [1.54, 1.807) is 0 Å². The van der Waals surface area contributed by atoms with E-state index in [0.717, 1.165) is 42.9 Å². The third kappa shape index (κ3) is 3.30. The molecule has 19 heavy (non-hydrogen) atoms. The van der Waals surface area contributed by atoms with Gasteiger partial charge in [0.1, 0.15) is 4.88 Å². The number of aliphatic hydroxyl groups excluding tert-OH is 1. The minimum atomic E-state index is -0.434. The van der Waals surface area contributed by atoms with E-state index < -0.39 is 6.10 Å². The molecule has 106 valence electrons. The smallest absolute Gasteiger partial charge is 0.265 e. The van der Waals surface area contributed by atoms with Crippen LogP contribution < -0.4 is 5.32 Å². The van der Waals surface area contributed by atoms with E-state index in [1.165, 1.54) is 0 Å². The minimum Gasteiger partial charge on any atom is -0.391 e. The Bertz CT molecular complexity index is 453. The van der Waals surface area contributed by atoms with Crippen molar-refractivity contribution in [2.75, 3.05) is 0 Å². The first-order valence-electron chi connectivity index (χ1n) is 6.71. The molecule has 6 heteroatoms. The number of carbonyl (C=O) groups is 1. The molecule has 0 bridgehead atoms. The maximum atomic E-state index is 12.3. The van der Waals surface area contributed by atoms with E-state index in [-0.39, 0.29) is 17.4 Å². The molecule has 1 aromatic rings. The van der Waals surface area contributed by atoms with Gasteiger partial charge < -0.3 is 10.4 Å². The molecule has 1 aliphatic rings. The standard InChI is InChI=1S/C13H21N3O2S/c1-13(2,3)11-10(19-16-15-11)12(18)14-8-6-4-5-7-9(8)17/h8-9,17H,4-7H2,1-3H3,(H,14,18)/t8-,9-/m1/s1. The quantitative estimate of drug-likeness (QED) is 0.869. The van der Waals surface area contributed by atoms with Gasteiger partial charge in [0.05, 0.1) is 17.8 Å². The fourth-order valence-corrected chi connectivity index (χ4v) is 3.12. The van der Waals surface area contributed by atoms with Gasteiger partial charge >= 0.3 is 0 Å². The largest absolute Gasteiger partial charge is 0.391 e. The summed E-state index contributed by atoms with van der Waals surface area (Å²) in [4.78, 5) is 12.9. The second-order valence-corrected chi connectivity index (χ2v) is 6.89. The number of nitrogens with zero attached hydrogens (tertiary/aromatic N) is 2. The summed E-state index contributed by atoms with van der Waals surface area (Å²) in [5.74, 6) is -0.161. The summed E-state index contributed by atoms with van der Waals surface area (Å²) in [7, 11) is 0. The fourth-order valence-electron chi connectivity index (χ4n) is 2.34. The van der Waals surface area contributed by atoms with Crippen LogP contribution in [0, 0.1) is 0 Å². The predicted octanol–water partition coefficient (Wildman–Crippen LogP) is 1.87. The van der Waals surface area contributed by atoms with Crippen molar-refractivity contribution in [1.82, 2.24) is 14.9 Å². The molecule has 0 unspecified atom stereocenters. The molecule has 1 aliphatic carbocycles. The topological polar surface area (TPSA) is 75.1 Å². The number of aliphatic hydroxyl groups is 1. The molecule has 2 rings (SSSR count). The molecular formula is C13H21N3O2S. The molecule has 5 nitrogen and oxygen atoms in total. The zero-order chi connectivity index (χ0) is 14.0. The Kier molecular flexibility index (Phi) is 4.20. The van der Waals surface area contributed by atoms with E-state index in [0.29, 0.717) is 4.88 Å². The van der Waals surface area contributed by atoms with Gasteiger partial charge in [-0.2, -0.15) is 0 Å².